The van der Waals surface area contributed by atoms with Gasteiger partial charge in [0.2, 0.25) is 0 Å². The van der Waals surface area contributed by atoms with Gasteiger partial charge >= 0.3 is 0 Å². The highest BCUT2D eigenvalue weighted by Gasteiger charge is 2.25. The van der Waals surface area contributed by atoms with Crippen LogP contribution in [-0.4, -0.2) is 12.6 Å². The molecule has 0 aromatic carbocycles. The zero-order valence-corrected chi connectivity index (χ0v) is 12.0. The van der Waals surface area contributed by atoms with Crippen LogP contribution in [0.4, 0.5) is 0 Å². The summed E-state index contributed by atoms with van der Waals surface area (Å²) < 4.78 is 0. The van der Waals surface area contributed by atoms with E-state index in [1.807, 2.05) is 0 Å². The van der Waals surface area contributed by atoms with Crippen LogP contribution >= 0.6 is 0 Å². The largest absolute Gasteiger partial charge is 0.313 e. The smallest absolute Gasteiger partial charge is 0.00674 e. The van der Waals surface area contributed by atoms with E-state index in [0.29, 0.717) is 10.8 Å². The lowest BCUT2D eigenvalue weighted by atomic mass is 9.85. The molecule has 0 radical (unpaired) electrons. The zero-order valence-electron chi connectivity index (χ0n) is 12.0. The van der Waals surface area contributed by atoms with Crippen molar-refractivity contribution in [3.05, 3.63) is 0 Å². The highest BCUT2D eigenvalue weighted by atomic mass is 14.9. The fourth-order valence-corrected chi connectivity index (χ4v) is 2.41. The number of rotatable bonds is 4. The maximum Gasteiger partial charge on any atom is 0.00674 e. The lowest BCUT2D eigenvalue weighted by molar-refractivity contribution is 0.287. The Balaban J connectivity index is 2.33. The minimum absolute atomic E-state index is 0.460. The van der Waals surface area contributed by atoms with E-state index in [1.54, 1.807) is 0 Å². The van der Waals surface area contributed by atoms with E-state index in [2.05, 4.69) is 39.9 Å². The van der Waals surface area contributed by atoms with Crippen LogP contribution in [-0.2, 0) is 0 Å². The van der Waals surface area contributed by atoms with Gasteiger partial charge in [-0.3, -0.25) is 0 Å². The molecule has 1 N–H and O–H groups in total. The molecule has 1 atom stereocenters. The average Bonchev–Trinajstić information content (AvgIpc) is 2.37. The van der Waals surface area contributed by atoms with Crippen LogP contribution in [0.3, 0.4) is 0 Å². The first-order valence-corrected chi connectivity index (χ1v) is 7.08. The summed E-state index contributed by atoms with van der Waals surface area (Å²) >= 11 is 0. The Morgan fingerprint density at radius 1 is 1.19 bits per heavy atom. The second-order valence-corrected chi connectivity index (χ2v) is 7.19. The summed E-state index contributed by atoms with van der Waals surface area (Å²) in [7, 11) is 0. The lowest BCUT2D eigenvalue weighted by Gasteiger charge is -2.27. The quantitative estimate of drug-likeness (QED) is 0.701. The minimum atomic E-state index is 0.460. The monoisotopic (exact) mass is 225 g/mol. The molecule has 0 aliphatic heterocycles. The van der Waals surface area contributed by atoms with Crippen LogP contribution in [0, 0.1) is 10.8 Å². The first kappa shape index (κ1) is 14.0. The highest BCUT2D eigenvalue weighted by molar-refractivity contribution is 4.81. The molecule has 1 rings (SSSR count). The van der Waals surface area contributed by atoms with Crippen LogP contribution in [0.2, 0.25) is 0 Å². The fourth-order valence-electron chi connectivity index (χ4n) is 2.41. The molecule has 1 unspecified atom stereocenters. The molecule has 96 valence electrons. The van der Waals surface area contributed by atoms with Gasteiger partial charge in [-0.15, -0.1) is 0 Å². The standard InChI is InChI=1S/C15H31N/c1-6-14(2,3)12-16-13-8-7-10-15(4,5)11-9-13/h13,16H,6-12H2,1-5H3. The summed E-state index contributed by atoms with van der Waals surface area (Å²) in [4.78, 5) is 0. The number of nitrogens with one attached hydrogen (secondary N) is 1. The number of hydrogen-bond donors (Lipinski definition) is 1. The van der Waals surface area contributed by atoms with E-state index in [1.165, 1.54) is 45.1 Å². The van der Waals surface area contributed by atoms with Crippen molar-refractivity contribution in [2.24, 2.45) is 10.8 Å². The Morgan fingerprint density at radius 2 is 1.88 bits per heavy atom. The van der Waals surface area contributed by atoms with Crippen LogP contribution in [0.5, 0.6) is 0 Å². The predicted molar refractivity (Wildman–Crippen MR) is 72.7 cm³/mol. The van der Waals surface area contributed by atoms with Gasteiger partial charge in [0.05, 0.1) is 0 Å². The zero-order chi connectivity index (χ0) is 12.2. The molecule has 1 aliphatic carbocycles. The molecule has 1 fully saturated rings. The second kappa shape index (κ2) is 5.53. The van der Waals surface area contributed by atoms with Crippen LogP contribution in [0.25, 0.3) is 0 Å². The summed E-state index contributed by atoms with van der Waals surface area (Å²) in [6.45, 7) is 13.0. The van der Waals surface area contributed by atoms with Crippen molar-refractivity contribution in [1.82, 2.24) is 5.32 Å². The second-order valence-electron chi connectivity index (χ2n) is 7.19. The maximum absolute atomic E-state index is 3.79. The summed E-state index contributed by atoms with van der Waals surface area (Å²) in [5.41, 5.74) is 1.04. The topological polar surface area (TPSA) is 12.0 Å². The van der Waals surface area contributed by atoms with Crippen LogP contribution in [0.15, 0.2) is 0 Å². The predicted octanol–water partition coefficient (Wildman–Crippen LogP) is 4.37. The molecule has 0 heterocycles. The lowest BCUT2D eigenvalue weighted by Crippen LogP contribution is -2.36. The molecule has 0 aromatic heterocycles. The molecule has 1 aliphatic rings. The first-order valence-electron chi connectivity index (χ1n) is 7.08. The van der Waals surface area contributed by atoms with Gasteiger partial charge in [0.15, 0.2) is 0 Å². The van der Waals surface area contributed by atoms with Crippen molar-refractivity contribution in [2.75, 3.05) is 6.54 Å². The summed E-state index contributed by atoms with van der Waals surface area (Å²) in [6.07, 6.45) is 8.20. The van der Waals surface area contributed by atoms with Crippen molar-refractivity contribution in [3.63, 3.8) is 0 Å². The Morgan fingerprint density at radius 3 is 2.50 bits per heavy atom. The Labute approximate surface area is 102 Å². The molecule has 1 heteroatoms. The van der Waals surface area contributed by atoms with Crippen LogP contribution < -0.4 is 5.32 Å². The van der Waals surface area contributed by atoms with E-state index < -0.39 is 0 Å². The highest BCUT2D eigenvalue weighted by Crippen LogP contribution is 2.34. The minimum Gasteiger partial charge on any atom is -0.313 e. The van der Waals surface area contributed by atoms with Gasteiger partial charge in [0.25, 0.3) is 0 Å². The number of hydrogen-bond acceptors (Lipinski definition) is 1. The molecule has 1 saturated carbocycles. The third-order valence-corrected chi connectivity index (χ3v) is 4.40. The normalized spacial score (nSPS) is 26.4. The maximum atomic E-state index is 3.79. The molecule has 16 heavy (non-hydrogen) atoms. The summed E-state index contributed by atoms with van der Waals surface area (Å²) in [5, 5.41) is 3.79. The third-order valence-electron chi connectivity index (χ3n) is 4.40. The van der Waals surface area contributed by atoms with Gasteiger partial charge in [-0.05, 0) is 42.9 Å². The molecular weight excluding hydrogens is 194 g/mol. The summed E-state index contributed by atoms with van der Waals surface area (Å²) in [5.74, 6) is 0. The van der Waals surface area contributed by atoms with Crippen molar-refractivity contribution >= 4 is 0 Å². The third kappa shape index (κ3) is 4.86. The van der Waals surface area contributed by atoms with Gasteiger partial charge in [0, 0.05) is 12.6 Å². The van der Waals surface area contributed by atoms with E-state index in [0.717, 1.165) is 6.04 Å². The van der Waals surface area contributed by atoms with Crippen molar-refractivity contribution in [3.8, 4) is 0 Å². The van der Waals surface area contributed by atoms with Crippen molar-refractivity contribution in [1.29, 1.82) is 0 Å². The first-order chi connectivity index (χ1) is 7.35. The van der Waals surface area contributed by atoms with E-state index in [4.69, 9.17) is 0 Å². The van der Waals surface area contributed by atoms with Crippen molar-refractivity contribution < 1.29 is 0 Å². The molecule has 0 amide bonds. The Hall–Kier alpha value is -0.0400. The van der Waals surface area contributed by atoms with E-state index >= 15 is 0 Å². The van der Waals surface area contributed by atoms with Gasteiger partial charge < -0.3 is 5.32 Å². The van der Waals surface area contributed by atoms with Gasteiger partial charge in [0.1, 0.15) is 0 Å². The molecule has 0 saturated heterocycles. The fraction of sp³-hybridized carbons (Fsp3) is 1.00. The Kier molecular flexibility index (Phi) is 4.85. The SMILES string of the molecule is CCC(C)(C)CNC1CCCC(C)(C)CC1. The van der Waals surface area contributed by atoms with Gasteiger partial charge in [-0.1, -0.05) is 41.0 Å². The molecule has 1 nitrogen and oxygen atoms in total. The van der Waals surface area contributed by atoms with E-state index in [9.17, 15) is 0 Å². The summed E-state index contributed by atoms with van der Waals surface area (Å²) in [6, 6.07) is 0.771. The molecule has 0 bridgehead atoms. The molecule has 0 spiro atoms. The average molecular weight is 225 g/mol. The van der Waals surface area contributed by atoms with E-state index in [-0.39, 0.29) is 0 Å². The van der Waals surface area contributed by atoms with Gasteiger partial charge in [-0.2, -0.15) is 0 Å². The van der Waals surface area contributed by atoms with Gasteiger partial charge in [-0.25, -0.2) is 0 Å². The van der Waals surface area contributed by atoms with Crippen molar-refractivity contribution in [2.45, 2.75) is 79.2 Å². The molecular formula is C15H31N. The molecule has 0 aromatic rings. The Bertz CT molecular complexity index is 205. The van der Waals surface area contributed by atoms with Crippen LogP contribution in [0.1, 0.15) is 73.1 Å².